The molecule has 1 aromatic heterocycles. The van der Waals surface area contributed by atoms with Crippen LogP contribution in [-0.2, 0) is 9.53 Å². The number of benzene rings is 3. The number of aromatic nitrogens is 2. The molecule has 1 amide bonds. The van der Waals surface area contributed by atoms with Crippen LogP contribution >= 0.6 is 0 Å². The van der Waals surface area contributed by atoms with Crippen LogP contribution in [0.2, 0.25) is 0 Å². The third kappa shape index (κ3) is 5.33. The van der Waals surface area contributed by atoms with Crippen molar-refractivity contribution in [3.8, 4) is 0 Å². The summed E-state index contributed by atoms with van der Waals surface area (Å²) in [7, 11) is 0. The number of anilines is 3. The van der Waals surface area contributed by atoms with Crippen LogP contribution in [0.15, 0.2) is 85.2 Å². The number of nitrogens with zero attached hydrogens (tertiary/aromatic N) is 3. The normalized spacial score (nSPS) is 10.8. The third-order valence-corrected chi connectivity index (χ3v) is 5.02. The second-order valence-corrected chi connectivity index (χ2v) is 7.73. The molecule has 33 heavy (non-hydrogen) atoms. The predicted molar refractivity (Wildman–Crippen MR) is 129 cm³/mol. The van der Waals surface area contributed by atoms with Gasteiger partial charge in [-0.05, 0) is 68.4 Å². The number of ether oxygens (including phenoxy) is 1. The molecule has 0 aliphatic carbocycles. The van der Waals surface area contributed by atoms with Crippen molar-refractivity contribution < 1.29 is 14.3 Å². The van der Waals surface area contributed by atoms with E-state index in [1.165, 1.54) is 0 Å². The minimum Gasteiger partial charge on any atom is -0.452 e. The molecular formula is C26H24N4O3. The number of carbonyl (C=O) groups excluding carboxylic acids is 2. The third-order valence-electron chi connectivity index (χ3n) is 5.02. The number of nitrogens with one attached hydrogen (secondary N) is 1. The van der Waals surface area contributed by atoms with Gasteiger partial charge in [-0.15, -0.1) is 0 Å². The summed E-state index contributed by atoms with van der Waals surface area (Å²) in [5, 5.41) is 3.32. The smallest absolute Gasteiger partial charge is 0.338 e. The predicted octanol–water partition coefficient (Wildman–Crippen LogP) is 4.97. The van der Waals surface area contributed by atoms with E-state index >= 15 is 0 Å². The maximum absolute atomic E-state index is 12.9. The quantitative estimate of drug-likeness (QED) is 0.409. The van der Waals surface area contributed by atoms with E-state index in [1.54, 1.807) is 35.5 Å². The zero-order valence-electron chi connectivity index (χ0n) is 18.4. The summed E-state index contributed by atoms with van der Waals surface area (Å²) in [5.41, 5.74) is 4.21. The second-order valence-electron chi connectivity index (χ2n) is 7.73. The lowest BCUT2D eigenvalue weighted by Crippen LogP contribution is -2.39. The fourth-order valence-electron chi connectivity index (χ4n) is 3.49. The van der Waals surface area contributed by atoms with Crippen LogP contribution in [0.3, 0.4) is 0 Å². The van der Waals surface area contributed by atoms with E-state index in [0.717, 1.165) is 17.1 Å². The fraction of sp³-hybridized carbons (Fsp3) is 0.154. The molecule has 0 aliphatic heterocycles. The molecule has 3 aromatic carbocycles. The first-order valence-corrected chi connectivity index (χ1v) is 10.6. The van der Waals surface area contributed by atoms with Gasteiger partial charge in [-0.2, -0.15) is 0 Å². The Morgan fingerprint density at radius 2 is 1.55 bits per heavy atom. The molecule has 0 radical (unpaired) electrons. The molecule has 1 heterocycles. The lowest BCUT2D eigenvalue weighted by molar-refractivity contribution is -0.122. The molecular weight excluding hydrogens is 416 g/mol. The Labute approximate surface area is 192 Å². The van der Waals surface area contributed by atoms with Crippen molar-refractivity contribution in [3.05, 3.63) is 90.8 Å². The molecule has 0 spiro atoms. The number of hydrogen-bond acceptors (Lipinski definition) is 6. The molecule has 4 rings (SSSR count). The second kappa shape index (κ2) is 9.91. The Balaban J connectivity index is 1.41. The van der Waals surface area contributed by atoms with E-state index in [0.29, 0.717) is 16.6 Å². The number of hydrogen-bond donors (Lipinski definition) is 1. The zero-order valence-corrected chi connectivity index (χ0v) is 18.4. The van der Waals surface area contributed by atoms with Gasteiger partial charge in [0.25, 0.3) is 5.91 Å². The first-order chi connectivity index (χ1) is 16.0. The first-order valence-electron chi connectivity index (χ1n) is 10.6. The van der Waals surface area contributed by atoms with Gasteiger partial charge in [-0.1, -0.05) is 18.2 Å². The van der Waals surface area contributed by atoms with Gasteiger partial charge in [0, 0.05) is 35.5 Å². The molecule has 0 saturated heterocycles. The standard InChI is InChI=1S/C26H24N4O3/c1-18(2)30(22-11-9-21(10-12-22)29-20-6-4-3-5-7-20)25(31)17-33-26(32)19-8-13-23-24(16-19)28-15-14-27-23/h3-16,18,29H,17H2,1-2H3. The van der Waals surface area contributed by atoms with Crippen LogP contribution in [0.25, 0.3) is 11.0 Å². The van der Waals surface area contributed by atoms with Gasteiger partial charge < -0.3 is 15.0 Å². The van der Waals surface area contributed by atoms with Crippen LogP contribution < -0.4 is 10.2 Å². The summed E-state index contributed by atoms with van der Waals surface area (Å²) < 4.78 is 5.30. The molecule has 7 heteroatoms. The van der Waals surface area contributed by atoms with Crippen molar-refractivity contribution in [2.24, 2.45) is 0 Å². The largest absolute Gasteiger partial charge is 0.452 e. The zero-order chi connectivity index (χ0) is 23.2. The van der Waals surface area contributed by atoms with Gasteiger partial charge in [-0.3, -0.25) is 14.8 Å². The molecule has 0 atom stereocenters. The highest BCUT2D eigenvalue weighted by Gasteiger charge is 2.21. The van der Waals surface area contributed by atoms with Gasteiger partial charge in [0.2, 0.25) is 0 Å². The number of rotatable bonds is 7. The average molecular weight is 441 g/mol. The fourth-order valence-corrected chi connectivity index (χ4v) is 3.49. The van der Waals surface area contributed by atoms with Gasteiger partial charge >= 0.3 is 5.97 Å². The molecule has 0 aliphatic rings. The van der Waals surface area contributed by atoms with Crippen molar-refractivity contribution in [1.82, 2.24) is 9.97 Å². The number of esters is 1. The van der Waals surface area contributed by atoms with E-state index < -0.39 is 5.97 Å². The summed E-state index contributed by atoms with van der Waals surface area (Å²) in [6.07, 6.45) is 3.14. The van der Waals surface area contributed by atoms with E-state index in [2.05, 4.69) is 15.3 Å². The Morgan fingerprint density at radius 1 is 0.879 bits per heavy atom. The summed E-state index contributed by atoms with van der Waals surface area (Å²) in [5.74, 6) is -0.885. The number of carbonyl (C=O) groups is 2. The minimum absolute atomic E-state index is 0.111. The number of amides is 1. The highest BCUT2D eigenvalue weighted by Crippen LogP contribution is 2.23. The highest BCUT2D eigenvalue weighted by atomic mass is 16.5. The van der Waals surface area contributed by atoms with Crippen LogP contribution in [-0.4, -0.2) is 34.5 Å². The minimum atomic E-state index is -0.581. The summed E-state index contributed by atoms with van der Waals surface area (Å²) >= 11 is 0. The maximum atomic E-state index is 12.9. The summed E-state index contributed by atoms with van der Waals surface area (Å²) in [6.45, 7) is 3.47. The van der Waals surface area contributed by atoms with Crippen molar-refractivity contribution in [2.45, 2.75) is 19.9 Å². The van der Waals surface area contributed by atoms with Crippen molar-refractivity contribution >= 4 is 40.0 Å². The monoisotopic (exact) mass is 440 g/mol. The van der Waals surface area contributed by atoms with Gasteiger partial charge in [-0.25, -0.2) is 4.79 Å². The Morgan fingerprint density at radius 3 is 2.24 bits per heavy atom. The van der Waals surface area contributed by atoms with Crippen LogP contribution in [0.4, 0.5) is 17.1 Å². The van der Waals surface area contributed by atoms with Crippen LogP contribution in [0, 0.1) is 0 Å². The molecule has 166 valence electrons. The van der Waals surface area contributed by atoms with Crippen molar-refractivity contribution in [2.75, 3.05) is 16.8 Å². The molecule has 0 saturated carbocycles. The molecule has 0 fully saturated rings. The Hall–Kier alpha value is -4.26. The van der Waals surface area contributed by atoms with E-state index in [4.69, 9.17) is 4.74 Å². The first kappa shape index (κ1) is 22.0. The Bertz CT molecular complexity index is 1260. The van der Waals surface area contributed by atoms with Crippen LogP contribution in [0.5, 0.6) is 0 Å². The van der Waals surface area contributed by atoms with Crippen molar-refractivity contribution in [3.63, 3.8) is 0 Å². The SMILES string of the molecule is CC(C)N(C(=O)COC(=O)c1ccc2nccnc2c1)c1ccc(Nc2ccccc2)cc1. The van der Waals surface area contributed by atoms with Crippen molar-refractivity contribution in [1.29, 1.82) is 0 Å². The molecule has 7 nitrogen and oxygen atoms in total. The summed E-state index contributed by atoms with van der Waals surface area (Å²) in [4.78, 5) is 35.4. The number of para-hydroxylation sites is 1. The Kier molecular flexibility index (Phi) is 6.59. The molecule has 1 N–H and O–H groups in total. The topological polar surface area (TPSA) is 84.4 Å². The maximum Gasteiger partial charge on any atom is 0.338 e. The van der Waals surface area contributed by atoms with E-state index in [1.807, 2.05) is 68.4 Å². The molecule has 4 aromatic rings. The van der Waals surface area contributed by atoms with E-state index in [-0.39, 0.29) is 18.6 Å². The lowest BCUT2D eigenvalue weighted by atomic mass is 10.2. The average Bonchev–Trinajstić information content (AvgIpc) is 2.84. The number of fused-ring (bicyclic) bond motifs is 1. The molecule has 0 bridgehead atoms. The lowest BCUT2D eigenvalue weighted by Gasteiger charge is -2.27. The highest BCUT2D eigenvalue weighted by molar-refractivity contribution is 5.98. The summed E-state index contributed by atoms with van der Waals surface area (Å²) in [6, 6.07) is 22.2. The van der Waals surface area contributed by atoms with E-state index in [9.17, 15) is 9.59 Å². The molecule has 0 unspecified atom stereocenters. The van der Waals surface area contributed by atoms with Gasteiger partial charge in [0.1, 0.15) is 0 Å². The van der Waals surface area contributed by atoms with Crippen LogP contribution in [0.1, 0.15) is 24.2 Å². The van der Waals surface area contributed by atoms with Gasteiger partial charge in [0.15, 0.2) is 6.61 Å². The van der Waals surface area contributed by atoms with Gasteiger partial charge in [0.05, 0.1) is 16.6 Å².